The lowest BCUT2D eigenvalue weighted by Crippen LogP contribution is -2.44. The van der Waals surface area contributed by atoms with Gasteiger partial charge in [0.15, 0.2) is 0 Å². The summed E-state index contributed by atoms with van der Waals surface area (Å²) in [6, 6.07) is 9.11. The summed E-state index contributed by atoms with van der Waals surface area (Å²) in [6.45, 7) is 0.445. The van der Waals surface area contributed by atoms with Crippen LogP contribution in [0.2, 0.25) is 0 Å². The molecular weight excluding hydrogens is 246 g/mol. The Labute approximate surface area is 112 Å². The van der Waals surface area contributed by atoms with Crippen LogP contribution in [0.1, 0.15) is 18.4 Å². The number of hydrogen-bond acceptors (Lipinski definition) is 4. The first kappa shape index (κ1) is 13.8. The van der Waals surface area contributed by atoms with Gasteiger partial charge < -0.3 is 19.8 Å². The van der Waals surface area contributed by atoms with Gasteiger partial charge in [0, 0.05) is 6.54 Å². The Morgan fingerprint density at radius 3 is 2.84 bits per heavy atom. The molecule has 1 heterocycles. The first-order chi connectivity index (χ1) is 9.22. The summed E-state index contributed by atoms with van der Waals surface area (Å²) >= 11 is 0. The second kappa shape index (κ2) is 6.54. The number of carbonyl (C=O) groups excluding carboxylic acids is 1. The molecule has 1 amide bonds. The molecule has 2 N–H and O–H groups in total. The van der Waals surface area contributed by atoms with E-state index < -0.39 is 12.2 Å². The fourth-order valence-corrected chi connectivity index (χ4v) is 2.34. The average molecular weight is 265 g/mol. The van der Waals surface area contributed by atoms with Crippen LogP contribution in [-0.2, 0) is 11.3 Å². The minimum Gasteiger partial charge on any atom is -0.445 e. The molecule has 0 aromatic heterocycles. The van der Waals surface area contributed by atoms with Gasteiger partial charge in [-0.15, -0.1) is 0 Å². The van der Waals surface area contributed by atoms with Gasteiger partial charge in [0.25, 0.3) is 0 Å². The predicted molar refractivity (Wildman–Crippen MR) is 69.4 cm³/mol. The summed E-state index contributed by atoms with van der Waals surface area (Å²) in [6.07, 6.45) is 0.190. The molecule has 19 heavy (non-hydrogen) atoms. The van der Waals surface area contributed by atoms with E-state index in [1.165, 1.54) is 4.90 Å². The fourth-order valence-electron chi connectivity index (χ4n) is 2.34. The summed E-state index contributed by atoms with van der Waals surface area (Å²) in [4.78, 5) is 13.5. The number of rotatable bonds is 4. The minimum atomic E-state index is -0.897. The van der Waals surface area contributed by atoms with E-state index in [-0.39, 0.29) is 19.3 Å². The third-order valence-corrected chi connectivity index (χ3v) is 3.37. The molecule has 1 fully saturated rings. The van der Waals surface area contributed by atoms with Crippen LogP contribution in [0.5, 0.6) is 0 Å². The number of hydrogen-bond donors (Lipinski definition) is 2. The van der Waals surface area contributed by atoms with Crippen LogP contribution in [0.3, 0.4) is 0 Å². The summed E-state index contributed by atoms with van der Waals surface area (Å²) < 4.78 is 5.23. The molecule has 1 aliphatic heterocycles. The number of carbonyl (C=O) groups is 1. The molecule has 5 nitrogen and oxygen atoms in total. The summed E-state index contributed by atoms with van der Waals surface area (Å²) in [5.41, 5.74) is 0.925. The van der Waals surface area contributed by atoms with Crippen LogP contribution in [-0.4, -0.2) is 46.5 Å². The first-order valence-corrected chi connectivity index (χ1v) is 6.48. The van der Waals surface area contributed by atoms with E-state index in [0.29, 0.717) is 13.0 Å². The van der Waals surface area contributed by atoms with E-state index in [1.807, 2.05) is 30.3 Å². The molecule has 0 aliphatic carbocycles. The van der Waals surface area contributed by atoms with E-state index in [0.717, 1.165) is 12.0 Å². The molecular formula is C14H19NO4. The van der Waals surface area contributed by atoms with E-state index in [2.05, 4.69) is 0 Å². The molecule has 1 aromatic rings. The largest absolute Gasteiger partial charge is 0.445 e. The lowest BCUT2D eigenvalue weighted by Gasteiger charge is -2.26. The maximum absolute atomic E-state index is 12.0. The van der Waals surface area contributed by atoms with Crippen molar-refractivity contribution in [1.29, 1.82) is 0 Å². The van der Waals surface area contributed by atoms with Gasteiger partial charge in [-0.1, -0.05) is 30.3 Å². The SMILES string of the molecule is O=C(OCc1ccccc1)N1CCCC1C(O)CO. The maximum atomic E-state index is 12.0. The Hall–Kier alpha value is -1.59. The van der Waals surface area contributed by atoms with Crippen LogP contribution in [0.25, 0.3) is 0 Å². The van der Waals surface area contributed by atoms with Crippen LogP contribution in [0, 0.1) is 0 Å². The monoisotopic (exact) mass is 265 g/mol. The van der Waals surface area contributed by atoms with Gasteiger partial charge in [-0.25, -0.2) is 4.79 Å². The second-order valence-corrected chi connectivity index (χ2v) is 4.69. The Balaban J connectivity index is 1.89. The maximum Gasteiger partial charge on any atom is 0.410 e. The zero-order chi connectivity index (χ0) is 13.7. The number of nitrogens with zero attached hydrogens (tertiary/aromatic N) is 1. The molecule has 1 aliphatic rings. The highest BCUT2D eigenvalue weighted by atomic mass is 16.6. The summed E-state index contributed by atoms with van der Waals surface area (Å²) in [5, 5.41) is 18.6. The van der Waals surface area contributed by atoms with Gasteiger partial charge in [0.2, 0.25) is 0 Å². The van der Waals surface area contributed by atoms with Crippen molar-refractivity contribution in [3.05, 3.63) is 35.9 Å². The van der Waals surface area contributed by atoms with Crippen molar-refractivity contribution in [3.8, 4) is 0 Å². The Bertz CT molecular complexity index is 409. The average Bonchev–Trinajstić information content (AvgIpc) is 2.94. The third kappa shape index (κ3) is 3.45. The molecule has 1 saturated heterocycles. The number of ether oxygens (including phenoxy) is 1. The molecule has 104 valence electrons. The van der Waals surface area contributed by atoms with Crippen molar-refractivity contribution >= 4 is 6.09 Å². The molecule has 2 rings (SSSR count). The van der Waals surface area contributed by atoms with Gasteiger partial charge in [-0.3, -0.25) is 0 Å². The Morgan fingerprint density at radius 1 is 1.42 bits per heavy atom. The van der Waals surface area contributed by atoms with Crippen molar-refractivity contribution in [3.63, 3.8) is 0 Å². The number of aliphatic hydroxyl groups excluding tert-OH is 2. The van der Waals surface area contributed by atoms with Crippen molar-refractivity contribution < 1.29 is 19.7 Å². The molecule has 0 spiro atoms. The van der Waals surface area contributed by atoms with Crippen molar-refractivity contribution in [1.82, 2.24) is 4.90 Å². The Kier molecular flexibility index (Phi) is 4.76. The van der Waals surface area contributed by atoms with E-state index in [4.69, 9.17) is 9.84 Å². The van der Waals surface area contributed by atoms with E-state index in [1.54, 1.807) is 0 Å². The normalized spacial score (nSPS) is 20.3. The van der Waals surface area contributed by atoms with Crippen LogP contribution in [0.4, 0.5) is 4.79 Å². The smallest absolute Gasteiger partial charge is 0.410 e. The molecule has 0 radical (unpaired) electrons. The van der Waals surface area contributed by atoms with Gasteiger partial charge in [-0.05, 0) is 18.4 Å². The first-order valence-electron chi connectivity index (χ1n) is 6.48. The molecule has 1 aromatic carbocycles. The van der Waals surface area contributed by atoms with E-state index >= 15 is 0 Å². The zero-order valence-electron chi connectivity index (χ0n) is 10.7. The molecule has 0 bridgehead atoms. The highest BCUT2D eigenvalue weighted by molar-refractivity contribution is 5.68. The lowest BCUT2D eigenvalue weighted by molar-refractivity contribution is 0.0199. The highest BCUT2D eigenvalue weighted by Crippen LogP contribution is 2.21. The quantitative estimate of drug-likeness (QED) is 0.856. The standard InChI is InChI=1S/C14H19NO4/c16-9-13(17)12-7-4-8-15(12)14(18)19-10-11-5-2-1-3-6-11/h1-3,5-6,12-13,16-17H,4,7-10H2. The van der Waals surface area contributed by atoms with Gasteiger partial charge in [0.1, 0.15) is 6.61 Å². The zero-order valence-corrected chi connectivity index (χ0v) is 10.7. The summed E-state index contributed by atoms with van der Waals surface area (Å²) in [7, 11) is 0. The van der Waals surface area contributed by atoms with Crippen molar-refractivity contribution in [2.75, 3.05) is 13.2 Å². The number of aliphatic hydroxyl groups is 2. The predicted octanol–water partition coefficient (Wildman–Crippen LogP) is 1.14. The van der Waals surface area contributed by atoms with Gasteiger partial charge in [0.05, 0.1) is 18.8 Å². The van der Waals surface area contributed by atoms with Crippen LogP contribution in [0.15, 0.2) is 30.3 Å². The number of benzene rings is 1. The highest BCUT2D eigenvalue weighted by Gasteiger charge is 2.34. The van der Waals surface area contributed by atoms with Crippen molar-refractivity contribution in [2.45, 2.75) is 31.6 Å². The van der Waals surface area contributed by atoms with Gasteiger partial charge >= 0.3 is 6.09 Å². The minimum absolute atomic E-state index is 0.220. The third-order valence-electron chi connectivity index (χ3n) is 3.37. The van der Waals surface area contributed by atoms with Crippen LogP contribution < -0.4 is 0 Å². The number of amides is 1. The number of likely N-dealkylation sites (tertiary alicyclic amines) is 1. The molecule has 5 heteroatoms. The van der Waals surface area contributed by atoms with Crippen LogP contribution >= 0.6 is 0 Å². The lowest BCUT2D eigenvalue weighted by atomic mass is 10.1. The molecule has 2 unspecified atom stereocenters. The fraction of sp³-hybridized carbons (Fsp3) is 0.500. The van der Waals surface area contributed by atoms with Crippen molar-refractivity contribution in [2.24, 2.45) is 0 Å². The second-order valence-electron chi connectivity index (χ2n) is 4.69. The van der Waals surface area contributed by atoms with Gasteiger partial charge in [-0.2, -0.15) is 0 Å². The van der Waals surface area contributed by atoms with E-state index in [9.17, 15) is 9.90 Å². The summed E-state index contributed by atoms with van der Waals surface area (Å²) in [5.74, 6) is 0. The topological polar surface area (TPSA) is 70.0 Å². The Morgan fingerprint density at radius 2 is 2.16 bits per heavy atom. The molecule has 0 saturated carbocycles. The molecule has 2 atom stereocenters.